The third-order valence-electron chi connectivity index (χ3n) is 1.27. The summed E-state index contributed by atoms with van der Waals surface area (Å²) in [5.74, 6) is -0.700. The van der Waals surface area contributed by atoms with Gasteiger partial charge in [0.2, 0.25) is 10.0 Å². The topological polar surface area (TPSA) is 95.7 Å². The Hall–Kier alpha value is -1.10. The summed E-state index contributed by atoms with van der Waals surface area (Å²) in [7, 11) is -3.79. The van der Waals surface area contributed by atoms with Gasteiger partial charge in [0.1, 0.15) is 12.0 Å². The van der Waals surface area contributed by atoms with Gasteiger partial charge in [-0.15, -0.1) is 0 Å². The normalized spacial score (nSPS) is 10.7. The van der Waals surface area contributed by atoms with Crippen LogP contribution in [-0.2, 0) is 10.0 Å². The van der Waals surface area contributed by atoms with E-state index in [2.05, 4.69) is 9.97 Å². The Bertz CT molecular complexity index is 490. The smallest absolute Gasteiger partial charge is 0.246 e. The van der Waals surface area contributed by atoms with E-state index in [4.69, 9.17) is 28.5 Å². The molecule has 0 aliphatic heterocycles. The molecule has 0 aliphatic carbocycles. The fourth-order valence-corrected chi connectivity index (χ4v) is 1.97. The van der Waals surface area contributed by atoms with Crippen molar-refractivity contribution in [2.45, 2.75) is 0 Å². The molecule has 0 saturated carbocycles. The number of sulfonamides is 1. The summed E-state index contributed by atoms with van der Waals surface area (Å²) in [6, 6.07) is 1.49. The molecule has 0 atom stereocenters. The van der Waals surface area contributed by atoms with Crippen molar-refractivity contribution in [1.82, 2.24) is 9.97 Å². The highest BCUT2D eigenvalue weighted by molar-refractivity contribution is 7.92. The molecule has 0 radical (unpaired) electrons. The number of hydrogen-bond acceptors (Lipinski definition) is 5. The van der Waals surface area contributed by atoms with Gasteiger partial charge >= 0.3 is 0 Å². The molecule has 1 rings (SSSR count). The van der Waals surface area contributed by atoms with E-state index >= 15 is 0 Å². The van der Waals surface area contributed by atoms with Crippen LogP contribution in [0.3, 0.4) is 0 Å². The van der Waals surface area contributed by atoms with Gasteiger partial charge in [0, 0.05) is 0 Å². The van der Waals surface area contributed by atoms with Gasteiger partial charge in [-0.05, 0) is 0 Å². The van der Waals surface area contributed by atoms with Gasteiger partial charge < -0.3 is 0 Å². The number of halogens is 2. The van der Waals surface area contributed by atoms with E-state index in [1.807, 2.05) is 4.72 Å². The zero-order valence-electron chi connectivity index (χ0n) is 7.11. The summed E-state index contributed by atoms with van der Waals surface area (Å²) >= 11 is 11.2. The molecule has 0 bridgehead atoms. The van der Waals surface area contributed by atoms with Crippen molar-refractivity contribution in [3.63, 3.8) is 0 Å². The zero-order valence-corrected chi connectivity index (χ0v) is 9.44. The van der Waals surface area contributed by atoms with E-state index in [1.54, 1.807) is 0 Å². The first kappa shape index (κ1) is 12.0. The minimum Gasteiger partial charge on any atom is -0.277 e. The molecular weight excluding hydrogens is 263 g/mol. The van der Waals surface area contributed by atoms with E-state index < -0.39 is 15.8 Å². The molecule has 80 valence electrons. The second kappa shape index (κ2) is 4.61. The van der Waals surface area contributed by atoms with E-state index in [0.717, 1.165) is 6.33 Å². The van der Waals surface area contributed by atoms with Crippen LogP contribution in [0, 0.1) is 11.3 Å². The first-order chi connectivity index (χ1) is 6.96. The Morgan fingerprint density at radius 3 is 2.40 bits per heavy atom. The highest BCUT2D eigenvalue weighted by Gasteiger charge is 2.15. The van der Waals surface area contributed by atoms with Gasteiger partial charge in [0.05, 0.1) is 6.07 Å². The minimum atomic E-state index is -3.79. The second-order valence-electron chi connectivity index (χ2n) is 2.35. The van der Waals surface area contributed by atoms with Crippen molar-refractivity contribution in [2.75, 3.05) is 10.5 Å². The molecule has 0 amide bonds. The lowest BCUT2D eigenvalue weighted by Gasteiger charge is -2.06. The van der Waals surface area contributed by atoms with Crippen LogP contribution in [0.15, 0.2) is 6.33 Å². The molecule has 1 aromatic heterocycles. The van der Waals surface area contributed by atoms with E-state index in [9.17, 15) is 8.42 Å². The standard InChI is InChI=1S/C6H4Cl2N4O2S/c7-5-4(6(8)11-3-10-5)12-15(13,14)2-1-9/h3,12H,2H2. The van der Waals surface area contributed by atoms with Crippen molar-refractivity contribution < 1.29 is 8.42 Å². The molecule has 6 nitrogen and oxygen atoms in total. The first-order valence-electron chi connectivity index (χ1n) is 3.49. The Morgan fingerprint density at radius 1 is 1.40 bits per heavy atom. The summed E-state index contributed by atoms with van der Waals surface area (Å²) in [4.78, 5) is 7.09. The summed E-state index contributed by atoms with van der Waals surface area (Å²) in [5.41, 5.74) is -0.129. The van der Waals surface area contributed by atoms with Crippen molar-refractivity contribution in [2.24, 2.45) is 0 Å². The van der Waals surface area contributed by atoms with Crippen LogP contribution in [-0.4, -0.2) is 24.1 Å². The molecule has 1 N–H and O–H groups in total. The van der Waals surface area contributed by atoms with E-state index in [-0.39, 0.29) is 16.0 Å². The lowest BCUT2D eigenvalue weighted by atomic mass is 10.6. The highest BCUT2D eigenvalue weighted by atomic mass is 35.5. The lowest BCUT2D eigenvalue weighted by molar-refractivity contribution is 0.604. The molecule has 1 aromatic rings. The van der Waals surface area contributed by atoms with Gasteiger partial charge in [-0.1, -0.05) is 23.2 Å². The monoisotopic (exact) mass is 266 g/mol. The number of aromatic nitrogens is 2. The average molecular weight is 267 g/mol. The molecule has 15 heavy (non-hydrogen) atoms. The molecule has 1 heterocycles. The van der Waals surface area contributed by atoms with Crippen LogP contribution in [0.25, 0.3) is 0 Å². The molecule has 0 aliphatic rings. The van der Waals surface area contributed by atoms with Crippen LogP contribution >= 0.6 is 23.2 Å². The predicted octanol–water partition coefficient (Wildman–Crippen LogP) is 1.05. The molecule has 0 fully saturated rings. The van der Waals surface area contributed by atoms with Gasteiger partial charge in [0.15, 0.2) is 16.1 Å². The minimum absolute atomic E-state index is 0.128. The summed E-state index contributed by atoms with van der Waals surface area (Å²) < 4.78 is 24.4. The van der Waals surface area contributed by atoms with Crippen molar-refractivity contribution >= 4 is 38.9 Å². The number of nitrogens with zero attached hydrogens (tertiary/aromatic N) is 3. The molecule has 0 unspecified atom stereocenters. The SMILES string of the molecule is N#CCS(=O)(=O)Nc1c(Cl)ncnc1Cl. The van der Waals surface area contributed by atoms with Crippen LogP contribution in [0.1, 0.15) is 0 Å². The van der Waals surface area contributed by atoms with Crippen LogP contribution in [0.4, 0.5) is 5.69 Å². The lowest BCUT2D eigenvalue weighted by Crippen LogP contribution is -2.16. The quantitative estimate of drug-likeness (QED) is 0.825. The van der Waals surface area contributed by atoms with Crippen molar-refractivity contribution in [3.8, 4) is 6.07 Å². The molecule has 0 aromatic carbocycles. The van der Waals surface area contributed by atoms with Gasteiger partial charge in [-0.3, -0.25) is 4.72 Å². The predicted molar refractivity (Wildman–Crippen MR) is 55.1 cm³/mol. The fraction of sp³-hybridized carbons (Fsp3) is 0.167. The third kappa shape index (κ3) is 3.20. The Morgan fingerprint density at radius 2 is 1.93 bits per heavy atom. The molecular formula is C6H4Cl2N4O2S. The first-order valence-corrected chi connectivity index (χ1v) is 5.90. The van der Waals surface area contributed by atoms with Gasteiger partial charge in [-0.2, -0.15) is 5.26 Å². The Kier molecular flexibility index (Phi) is 3.68. The molecule has 0 saturated heterocycles. The molecule has 9 heteroatoms. The zero-order chi connectivity index (χ0) is 11.5. The van der Waals surface area contributed by atoms with Gasteiger partial charge in [0.25, 0.3) is 0 Å². The Balaban J connectivity index is 3.06. The molecule has 0 spiro atoms. The largest absolute Gasteiger partial charge is 0.277 e. The van der Waals surface area contributed by atoms with Crippen LogP contribution in [0.2, 0.25) is 10.3 Å². The van der Waals surface area contributed by atoms with Gasteiger partial charge in [-0.25, -0.2) is 18.4 Å². The van der Waals surface area contributed by atoms with E-state index in [0.29, 0.717) is 0 Å². The maximum absolute atomic E-state index is 11.2. The number of hydrogen-bond donors (Lipinski definition) is 1. The van der Waals surface area contributed by atoms with Crippen LogP contribution in [0.5, 0.6) is 0 Å². The fourth-order valence-electron chi connectivity index (χ4n) is 0.705. The second-order valence-corrected chi connectivity index (χ2v) is 4.79. The van der Waals surface area contributed by atoms with E-state index in [1.165, 1.54) is 6.07 Å². The average Bonchev–Trinajstić information content (AvgIpc) is 2.11. The maximum atomic E-state index is 11.2. The number of nitriles is 1. The summed E-state index contributed by atoms with van der Waals surface area (Å²) in [5, 5.41) is 8.00. The number of nitrogens with one attached hydrogen (secondary N) is 1. The van der Waals surface area contributed by atoms with Crippen molar-refractivity contribution in [3.05, 3.63) is 16.6 Å². The van der Waals surface area contributed by atoms with Crippen molar-refractivity contribution in [1.29, 1.82) is 5.26 Å². The number of rotatable bonds is 3. The highest BCUT2D eigenvalue weighted by Crippen LogP contribution is 2.26. The maximum Gasteiger partial charge on any atom is 0.246 e. The third-order valence-corrected chi connectivity index (χ3v) is 2.86. The summed E-state index contributed by atoms with van der Waals surface area (Å²) in [6.45, 7) is 0. The van der Waals surface area contributed by atoms with Crippen LogP contribution < -0.4 is 4.72 Å². The summed E-state index contributed by atoms with van der Waals surface area (Å²) in [6.07, 6.45) is 1.09. The number of anilines is 1. The Labute approximate surface area is 95.9 Å².